The second-order valence-electron chi connectivity index (χ2n) is 5.99. The lowest BCUT2D eigenvalue weighted by molar-refractivity contribution is 0.443. The average Bonchev–Trinajstić information content (AvgIpc) is 2.53. The van der Waals surface area contributed by atoms with Gasteiger partial charge in [-0.25, -0.2) is 4.39 Å². The molecule has 0 saturated heterocycles. The van der Waals surface area contributed by atoms with Gasteiger partial charge in [0.15, 0.2) is 0 Å². The highest BCUT2D eigenvalue weighted by Gasteiger charge is 2.14. The normalized spacial score (nSPS) is 15.2. The zero-order valence-corrected chi connectivity index (χ0v) is 13.1. The van der Waals surface area contributed by atoms with Gasteiger partial charge in [0.2, 0.25) is 0 Å². The van der Waals surface area contributed by atoms with E-state index in [1.54, 1.807) is 24.6 Å². The Morgan fingerprint density at radius 3 is 1.95 bits per heavy atom. The third-order valence-electron chi connectivity index (χ3n) is 4.23. The monoisotopic (exact) mass is 284 g/mol. The van der Waals surface area contributed by atoms with Crippen LogP contribution in [0, 0.1) is 19.7 Å². The first-order chi connectivity index (χ1) is 10.2. The van der Waals surface area contributed by atoms with Gasteiger partial charge >= 0.3 is 0 Å². The van der Waals surface area contributed by atoms with Gasteiger partial charge in [0.25, 0.3) is 0 Å². The van der Waals surface area contributed by atoms with Crippen molar-refractivity contribution in [1.82, 2.24) is 0 Å². The quantitative estimate of drug-likeness (QED) is 0.587. The highest BCUT2D eigenvalue weighted by atomic mass is 19.1. The zero-order chi connectivity index (χ0) is 15.1. The van der Waals surface area contributed by atoms with Gasteiger partial charge in [0.05, 0.1) is 0 Å². The van der Waals surface area contributed by atoms with Crippen LogP contribution in [0.5, 0.6) is 0 Å². The summed E-state index contributed by atoms with van der Waals surface area (Å²) in [6.07, 6.45) is 7.12. The molecule has 0 N–H and O–H groups in total. The van der Waals surface area contributed by atoms with Crippen molar-refractivity contribution < 1.29 is 4.39 Å². The van der Waals surface area contributed by atoms with Gasteiger partial charge in [-0.3, -0.25) is 0 Å². The standard InChI is InChI=1S/C13H18.C7H7F/c1-11-7-9-13(10-8-11)12-5-3-2-4-6-12;1-6-4-2-3-5-7(6)8/h7-10,12H,2-6H2,1H3;2-5H,1H3. The molecule has 0 unspecified atom stereocenters. The van der Waals surface area contributed by atoms with Crippen molar-refractivity contribution in [1.29, 1.82) is 0 Å². The fourth-order valence-electron chi connectivity index (χ4n) is 2.83. The Hall–Kier alpha value is -1.63. The van der Waals surface area contributed by atoms with Crippen molar-refractivity contribution in [3.8, 4) is 0 Å². The lowest BCUT2D eigenvalue weighted by atomic mass is 9.84. The molecule has 2 aromatic carbocycles. The number of aryl methyl sites for hydroxylation is 2. The predicted molar refractivity (Wildman–Crippen MR) is 88.1 cm³/mol. The summed E-state index contributed by atoms with van der Waals surface area (Å²) in [5.74, 6) is 0.724. The molecule has 3 rings (SSSR count). The molecule has 1 fully saturated rings. The minimum Gasteiger partial charge on any atom is -0.207 e. The lowest BCUT2D eigenvalue weighted by Gasteiger charge is -2.21. The smallest absolute Gasteiger partial charge is 0.126 e. The van der Waals surface area contributed by atoms with E-state index in [1.807, 2.05) is 6.07 Å². The second kappa shape index (κ2) is 7.97. The number of hydrogen-bond donors (Lipinski definition) is 0. The molecule has 1 aliphatic rings. The summed E-state index contributed by atoms with van der Waals surface area (Å²) < 4.78 is 12.3. The van der Waals surface area contributed by atoms with E-state index in [2.05, 4.69) is 31.2 Å². The molecule has 0 bridgehead atoms. The molecule has 112 valence electrons. The van der Waals surface area contributed by atoms with Crippen molar-refractivity contribution in [3.05, 3.63) is 71.0 Å². The molecule has 0 radical (unpaired) electrons. The third kappa shape index (κ3) is 5.00. The van der Waals surface area contributed by atoms with Crippen molar-refractivity contribution in [2.45, 2.75) is 51.9 Å². The molecular weight excluding hydrogens is 259 g/mol. The van der Waals surface area contributed by atoms with Crippen LogP contribution in [0.4, 0.5) is 4.39 Å². The van der Waals surface area contributed by atoms with Crippen molar-refractivity contribution >= 4 is 0 Å². The maximum atomic E-state index is 12.3. The van der Waals surface area contributed by atoms with E-state index in [-0.39, 0.29) is 5.82 Å². The summed E-state index contributed by atoms with van der Waals surface area (Å²) in [6, 6.07) is 15.8. The van der Waals surface area contributed by atoms with Crippen molar-refractivity contribution in [3.63, 3.8) is 0 Å². The van der Waals surface area contributed by atoms with E-state index in [9.17, 15) is 4.39 Å². The Labute approximate surface area is 128 Å². The molecule has 1 heteroatoms. The van der Waals surface area contributed by atoms with E-state index in [4.69, 9.17) is 0 Å². The van der Waals surface area contributed by atoms with Crippen LogP contribution < -0.4 is 0 Å². The fraction of sp³-hybridized carbons (Fsp3) is 0.400. The van der Waals surface area contributed by atoms with Gasteiger partial charge in [-0.05, 0) is 49.8 Å². The summed E-state index contributed by atoms with van der Waals surface area (Å²) in [6.45, 7) is 3.90. The first-order valence-electron chi connectivity index (χ1n) is 7.94. The van der Waals surface area contributed by atoms with E-state index in [0.717, 1.165) is 5.92 Å². The largest absolute Gasteiger partial charge is 0.207 e. The van der Waals surface area contributed by atoms with Gasteiger partial charge in [0.1, 0.15) is 5.82 Å². The zero-order valence-electron chi connectivity index (χ0n) is 13.1. The summed E-state index contributed by atoms with van der Waals surface area (Å²) >= 11 is 0. The fourth-order valence-corrected chi connectivity index (χ4v) is 2.83. The van der Waals surface area contributed by atoms with Crippen LogP contribution in [0.15, 0.2) is 48.5 Å². The average molecular weight is 284 g/mol. The SMILES string of the molecule is Cc1ccc(C2CCCCC2)cc1.Cc1ccccc1F. The molecule has 0 aromatic heterocycles. The Morgan fingerprint density at radius 1 is 0.810 bits per heavy atom. The highest BCUT2D eigenvalue weighted by Crippen LogP contribution is 2.32. The Bertz CT molecular complexity index is 515. The Kier molecular flexibility index (Phi) is 5.98. The molecule has 1 saturated carbocycles. The molecule has 0 nitrogen and oxygen atoms in total. The molecular formula is C20H25F. The molecule has 0 atom stereocenters. The van der Waals surface area contributed by atoms with Crippen LogP contribution in [-0.2, 0) is 0 Å². The molecule has 0 amide bonds. The van der Waals surface area contributed by atoms with Crippen LogP contribution in [0.2, 0.25) is 0 Å². The van der Waals surface area contributed by atoms with E-state index >= 15 is 0 Å². The minimum absolute atomic E-state index is 0.132. The molecule has 21 heavy (non-hydrogen) atoms. The van der Waals surface area contributed by atoms with Crippen LogP contribution in [-0.4, -0.2) is 0 Å². The number of halogens is 1. The van der Waals surface area contributed by atoms with Crippen LogP contribution in [0.1, 0.15) is 54.7 Å². The summed E-state index contributed by atoms with van der Waals surface area (Å²) in [4.78, 5) is 0. The van der Waals surface area contributed by atoms with E-state index < -0.39 is 0 Å². The van der Waals surface area contributed by atoms with Gasteiger partial charge in [-0.2, -0.15) is 0 Å². The van der Waals surface area contributed by atoms with Crippen LogP contribution >= 0.6 is 0 Å². The van der Waals surface area contributed by atoms with Crippen molar-refractivity contribution in [2.75, 3.05) is 0 Å². The molecule has 2 aromatic rings. The second-order valence-corrected chi connectivity index (χ2v) is 5.99. The summed E-state index contributed by atoms with van der Waals surface area (Å²) in [5.41, 5.74) is 3.64. The van der Waals surface area contributed by atoms with Crippen LogP contribution in [0.25, 0.3) is 0 Å². The van der Waals surface area contributed by atoms with Gasteiger partial charge in [-0.1, -0.05) is 67.3 Å². The maximum Gasteiger partial charge on any atom is 0.126 e. The molecule has 0 heterocycles. The lowest BCUT2D eigenvalue weighted by Crippen LogP contribution is -2.04. The summed E-state index contributed by atoms with van der Waals surface area (Å²) in [7, 11) is 0. The number of hydrogen-bond acceptors (Lipinski definition) is 0. The molecule has 0 spiro atoms. The topological polar surface area (TPSA) is 0 Å². The maximum absolute atomic E-state index is 12.3. The van der Waals surface area contributed by atoms with Gasteiger partial charge in [-0.15, -0.1) is 0 Å². The summed E-state index contributed by atoms with van der Waals surface area (Å²) in [5, 5.41) is 0. The first kappa shape index (κ1) is 15.8. The van der Waals surface area contributed by atoms with Gasteiger partial charge < -0.3 is 0 Å². The highest BCUT2D eigenvalue weighted by molar-refractivity contribution is 5.24. The van der Waals surface area contributed by atoms with Gasteiger partial charge in [0, 0.05) is 0 Å². The van der Waals surface area contributed by atoms with E-state index in [0.29, 0.717) is 5.56 Å². The first-order valence-corrected chi connectivity index (χ1v) is 7.94. The van der Waals surface area contributed by atoms with Crippen molar-refractivity contribution in [2.24, 2.45) is 0 Å². The number of rotatable bonds is 1. The number of benzene rings is 2. The third-order valence-corrected chi connectivity index (χ3v) is 4.23. The Balaban J connectivity index is 0.000000173. The van der Waals surface area contributed by atoms with E-state index in [1.165, 1.54) is 43.7 Å². The molecule has 0 aliphatic heterocycles. The predicted octanol–water partition coefficient (Wildman–Crippen LogP) is 6.18. The minimum atomic E-state index is -0.132. The Morgan fingerprint density at radius 2 is 1.43 bits per heavy atom. The van der Waals surface area contributed by atoms with Crippen LogP contribution in [0.3, 0.4) is 0 Å². The molecule has 1 aliphatic carbocycles.